The number of benzene rings is 1. The molecule has 1 saturated carbocycles. The lowest BCUT2D eigenvalue weighted by molar-refractivity contribution is -0.184. The summed E-state index contributed by atoms with van der Waals surface area (Å²) in [5.41, 5.74) is 0.660. The molecule has 1 aromatic heterocycles. The van der Waals surface area contributed by atoms with Gasteiger partial charge in [0.2, 0.25) is 17.6 Å². The summed E-state index contributed by atoms with van der Waals surface area (Å²) in [6.45, 7) is 0. The number of ether oxygens (including phenoxy) is 2. The number of halogens is 3. The second-order valence-corrected chi connectivity index (χ2v) is 7.25. The van der Waals surface area contributed by atoms with Gasteiger partial charge in [-0.2, -0.15) is 18.2 Å². The van der Waals surface area contributed by atoms with Gasteiger partial charge < -0.3 is 19.3 Å². The van der Waals surface area contributed by atoms with E-state index in [9.17, 15) is 18.0 Å². The molecule has 1 heterocycles. The number of methoxy groups -OCH3 is 2. The normalized spacial score (nSPS) is 19.4. The van der Waals surface area contributed by atoms with Crippen molar-refractivity contribution in [1.82, 2.24) is 15.5 Å². The first-order chi connectivity index (χ1) is 14.3. The third-order valence-corrected chi connectivity index (χ3v) is 5.18. The molecule has 0 spiro atoms. The summed E-state index contributed by atoms with van der Waals surface area (Å²) in [6.07, 6.45) is -2.90. The van der Waals surface area contributed by atoms with E-state index >= 15 is 0 Å². The fraction of sp³-hybridized carbons (Fsp3) is 0.550. The summed E-state index contributed by atoms with van der Waals surface area (Å²) < 4.78 is 54.3. The second kappa shape index (κ2) is 9.36. The van der Waals surface area contributed by atoms with Gasteiger partial charge in [-0.25, -0.2) is 0 Å². The number of carbonyl (C=O) groups excluding carboxylic acids is 1. The van der Waals surface area contributed by atoms with Gasteiger partial charge in [0.15, 0.2) is 11.5 Å². The Hall–Kier alpha value is -2.78. The molecule has 1 aromatic carbocycles. The number of carbonyl (C=O) groups is 1. The van der Waals surface area contributed by atoms with E-state index < -0.39 is 18.1 Å². The Morgan fingerprint density at radius 1 is 1.23 bits per heavy atom. The summed E-state index contributed by atoms with van der Waals surface area (Å²) in [4.78, 5) is 16.4. The summed E-state index contributed by atoms with van der Waals surface area (Å²) in [5, 5.41) is 6.61. The topological polar surface area (TPSA) is 86.5 Å². The standard InChI is InChI=1S/C20H24F3N3O4/c1-28-15-7-6-12(10-16(15)29-2)19-25-18(30-26-19)9-8-17(27)24-14-5-3-4-13(11-14)20(21,22)23/h6-7,10,13-14H,3-5,8-9,11H2,1-2H3,(H,24,27). The zero-order valence-corrected chi connectivity index (χ0v) is 16.8. The quantitative estimate of drug-likeness (QED) is 0.721. The van der Waals surface area contributed by atoms with Gasteiger partial charge in [-0.15, -0.1) is 0 Å². The lowest BCUT2D eigenvalue weighted by Crippen LogP contribution is -2.41. The van der Waals surface area contributed by atoms with Crippen LogP contribution in [-0.2, 0) is 11.2 Å². The van der Waals surface area contributed by atoms with Crippen LogP contribution in [0.5, 0.6) is 11.5 Å². The third-order valence-electron chi connectivity index (χ3n) is 5.18. The van der Waals surface area contributed by atoms with E-state index in [1.54, 1.807) is 18.2 Å². The van der Waals surface area contributed by atoms with Gasteiger partial charge in [0.1, 0.15) is 0 Å². The summed E-state index contributed by atoms with van der Waals surface area (Å²) in [7, 11) is 3.05. The van der Waals surface area contributed by atoms with Crippen LogP contribution in [-0.4, -0.2) is 42.5 Å². The number of hydrogen-bond donors (Lipinski definition) is 1. The van der Waals surface area contributed by atoms with Gasteiger partial charge in [-0.1, -0.05) is 11.6 Å². The highest BCUT2D eigenvalue weighted by Crippen LogP contribution is 2.37. The molecule has 2 unspecified atom stereocenters. The van der Waals surface area contributed by atoms with Crippen molar-refractivity contribution in [3.63, 3.8) is 0 Å². The highest BCUT2D eigenvalue weighted by atomic mass is 19.4. The van der Waals surface area contributed by atoms with Crippen LogP contribution >= 0.6 is 0 Å². The van der Waals surface area contributed by atoms with Crippen LogP contribution < -0.4 is 14.8 Å². The molecular weight excluding hydrogens is 403 g/mol. The van der Waals surface area contributed by atoms with Crippen molar-refractivity contribution in [3.05, 3.63) is 24.1 Å². The van der Waals surface area contributed by atoms with Crippen LogP contribution in [0.2, 0.25) is 0 Å². The molecule has 0 aliphatic heterocycles. The minimum Gasteiger partial charge on any atom is -0.493 e. The Labute approximate surface area is 171 Å². The lowest BCUT2D eigenvalue weighted by atomic mass is 9.85. The first-order valence-corrected chi connectivity index (χ1v) is 9.71. The first-order valence-electron chi connectivity index (χ1n) is 9.71. The molecule has 1 amide bonds. The summed E-state index contributed by atoms with van der Waals surface area (Å²) in [5.74, 6) is 0.0196. The number of nitrogens with zero attached hydrogens (tertiary/aromatic N) is 2. The van der Waals surface area contributed by atoms with Crippen LogP contribution in [0.15, 0.2) is 22.7 Å². The van der Waals surface area contributed by atoms with Gasteiger partial charge in [0, 0.05) is 24.4 Å². The molecule has 30 heavy (non-hydrogen) atoms. The monoisotopic (exact) mass is 427 g/mol. The van der Waals surface area contributed by atoms with Crippen molar-refractivity contribution >= 4 is 5.91 Å². The van der Waals surface area contributed by atoms with Crippen molar-refractivity contribution in [2.24, 2.45) is 5.92 Å². The fourth-order valence-corrected chi connectivity index (χ4v) is 3.59. The van der Waals surface area contributed by atoms with E-state index in [-0.39, 0.29) is 37.5 Å². The van der Waals surface area contributed by atoms with Crippen molar-refractivity contribution in [2.75, 3.05) is 14.2 Å². The van der Waals surface area contributed by atoms with E-state index in [1.165, 1.54) is 14.2 Å². The number of rotatable bonds is 7. The van der Waals surface area contributed by atoms with Crippen molar-refractivity contribution in [3.8, 4) is 22.9 Å². The molecule has 3 rings (SSSR count). The number of nitrogens with one attached hydrogen (secondary N) is 1. The molecule has 0 bridgehead atoms. The van der Waals surface area contributed by atoms with Crippen LogP contribution in [0.4, 0.5) is 13.2 Å². The third kappa shape index (κ3) is 5.43. The van der Waals surface area contributed by atoms with Crippen molar-refractivity contribution in [2.45, 2.75) is 50.7 Å². The van der Waals surface area contributed by atoms with Crippen molar-refractivity contribution in [1.29, 1.82) is 0 Å². The Balaban J connectivity index is 1.53. The van der Waals surface area contributed by atoms with Crippen LogP contribution in [0.25, 0.3) is 11.4 Å². The Bertz CT molecular complexity index is 869. The number of aromatic nitrogens is 2. The minimum atomic E-state index is -4.21. The molecule has 0 radical (unpaired) electrons. The average molecular weight is 427 g/mol. The highest BCUT2D eigenvalue weighted by molar-refractivity contribution is 5.76. The molecule has 2 aromatic rings. The number of amides is 1. The number of alkyl halides is 3. The van der Waals surface area contributed by atoms with Gasteiger partial charge in [0.05, 0.1) is 20.1 Å². The predicted molar refractivity (Wildman–Crippen MR) is 101 cm³/mol. The zero-order chi connectivity index (χ0) is 21.7. The second-order valence-electron chi connectivity index (χ2n) is 7.25. The van der Waals surface area contributed by atoms with Gasteiger partial charge >= 0.3 is 6.18 Å². The molecular formula is C20H24F3N3O4. The molecule has 164 valence electrons. The molecule has 10 heteroatoms. The molecule has 1 N–H and O–H groups in total. The summed E-state index contributed by atoms with van der Waals surface area (Å²) in [6, 6.07) is 4.72. The average Bonchev–Trinajstić information content (AvgIpc) is 3.20. The fourth-order valence-electron chi connectivity index (χ4n) is 3.59. The minimum absolute atomic E-state index is 0.0563. The summed E-state index contributed by atoms with van der Waals surface area (Å²) >= 11 is 0. The molecule has 0 saturated heterocycles. The maximum absolute atomic E-state index is 12.9. The van der Waals surface area contributed by atoms with E-state index in [1.807, 2.05) is 0 Å². The largest absolute Gasteiger partial charge is 0.493 e. The van der Waals surface area contributed by atoms with Crippen LogP contribution in [0.3, 0.4) is 0 Å². The maximum atomic E-state index is 12.9. The molecule has 1 fully saturated rings. The molecule has 1 aliphatic carbocycles. The lowest BCUT2D eigenvalue weighted by Gasteiger charge is -2.31. The number of aryl methyl sites for hydroxylation is 1. The Morgan fingerprint density at radius 2 is 2.00 bits per heavy atom. The van der Waals surface area contributed by atoms with Crippen molar-refractivity contribution < 1.29 is 32.0 Å². The SMILES string of the molecule is COc1ccc(-c2noc(CCC(=O)NC3CCCC(C(F)(F)F)C3)n2)cc1OC. The molecule has 1 aliphatic rings. The maximum Gasteiger partial charge on any atom is 0.391 e. The van der Waals surface area contributed by atoms with E-state index in [4.69, 9.17) is 14.0 Å². The number of hydrogen-bond acceptors (Lipinski definition) is 6. The van der Waals surface area contributed by atoms with Gasteiger partial charge in [0.25, 0.3) is 0 Å². The Kier molecular flexibility index (Phi) is 6.84. The predicted octanol–water partition coefficient (Wildman–Crippen LogP) is 3.92. The van der Waals surface area contributed by atoms with Gasteiger partial charge in [-0.3, -0.25) is 4.79 Å². The first kappa shape index (κ1) is 21.9. The van der Waals surface area contributed by atoms with Crippen LogP contribution in [0.1, 0.15) is 38.0 Å². The zero-order valence-electron chi connectivity index (χ0n) is 16.8. The van der Waals surface area contributed by atoms with E-state index in [2.05, 4.69) is 15.5 Å². The van der Waals surface area contributed by atoms with E-state index in [0.29, 0.717) is 35.7 Å². The molecule has 2 atom stereocenters. The van der Waals surface area contributed by atoms with Crippen LogP contribution in [0, 0.1) is 5.92 Å². The molecule has 7 nitrogen and oxygen atoms in total. The Morgan fingerprint density at radius 3 is 2.70 bits per heavy atom. The van der Waals surface area contributed by atoms with Gasteiger partial charge in [-0.05, 0) is 37.5 Å². The van der Waals surface area contributed by atoms with E-state index in [0.717, 1.165) is 0 Å². The smallest absolute Gasteiger partial charge is 0.391 e. The highest BCUT2D eigenvalue weighted by Gasteiger charge is 2.42.